The van der Waals surface area contributed by atoms with E-state index in [4.69, 9.17) is 16.3 Å². The van der Waals surface area contributed by atoms with Gasteiger partial charge in [-0.15, -0.1) is 11.6 Å². The van der Waals surface area contributed by atoms with E-state index in [1.165, 1.54) is 6.08 Å². The molecular weight excluding hydrogens is 239 g/mol. The standard InChI is InChI=1S/C14H14ClFO/c15-11-14(16)8-4-7-13(9-14)17-10-12-5-2-1-3-6-12/h1-8H,9-11H2. The number of benzene rings is 1. The van der Waals surface area contributed by atoms with Crippen molar-refractivity contribution < 1.29 is 9.13 Å². The molecular formula is C14H14ClFO. The third kappa shape index (κ3) is 3.34. The largest absolute Gasteiger partial charge is 0.493 e. The first-order valence-electron chi connectivity index (χ1n) is 5.52. The zero-order valence-corrected chi connectivity index (χ0v) is 10.2. The van der Waals surface area contributed by atoms with Gasteiger partial charge in [0.05, 0.1) is 5.88 Å². The highest BCUT2D eigenvalue weighted by Crippen LogP contribution is 2.29. The quantitative estimate of drug-likeness (QED) is 0.736. The average Bonchev–Trinajstić information content (AvgIpc) is 2.38. The van der Waals surface area contributed by atoms with E-state index >= 15 is 0 Å². The molecule has 2 rings (SSSR count). The van der Waals surface area contributed by atoms with Crippen LogP contribution in [-0.4, -0.2) is 11.5 Å². The normalized spacial score (nSPS) is 23.3. The highest BCUT2D eigenvalue weighted by atomic mass is 35.5. The third-order valence-electron chi connectivity index (χ3n) is 2.63. The lowest BCUT2D eigenvalue weighted by Gasteiger charge is -2.23. The van der Waals surface area contributed by atoms with Crippen molar-refractivity contribution in [3.05, 3.63) is 59.9 Å². The van der Waals surface area contributed by atoms with Gasteiger partial charge in [-0.05, 0) is 17.7 Å². The summed E-state index contributed by atoms with van der Waals surface area (Å²) in [5.41, 5.74) is -0.402. The van der Waals surface area contributed by atoms with Crippen molar-refractivity contribution in [2.45, 2.75) is 18.7 Å². The number of ether oxygens (including phenoxy) is 1. The minimum Gasteiger partial charge on any atom is -0.493 e. The van der Waals surface area contributed by atoms with Crippen molar-refractivity contribution in [2.24, 2.45) is 0 Å². The first-order chi connectivity index (χ1) is 8.22. The molecule has 0 fully saturated rings. The van der Waals surface area contributed by atoms with Crippen molar-refractivity contribution >= 4 is 11.6 Å². The van der Waals surface area contributed by atoms with Crippen molar-refractivity contribution in [1.29, 1.82) is 0 Å². The molecule has 0 N–H and O–H groups in total. The van der Waals surface area contributed by atoms with Crippen LogP contribution in [0.3, 0.4) is 0 Å². The van der Waals surface area contributed by atoms with Gasteiger partial charge in [0.1, 0.15) is 18.0 Å². The lowest BCUT2D eigenvalue weighted by molar-refractivity contribution is 0.148. The number of hydrogen-bond acceptors (Lipinski definition) is 1. The van der Waals surface area contributed by atoms with Crippen molar-refractivity contribution in [3.8, 4) is 0 Å². The van der Waals surface area contributed by atoms with E-state index in [1.807, 2.05) is 30.3 Å². The predicted octanol–water partition coefficient (Wildman–Crippen LogP) is 3.99. The molecule has 0 saturated heterocycles. The minimum absolute atomic E-state index is 0.0461. The maximum absolute atomic E-state index is 13.9. The summed E-state index contributed by atoms with van der Waals surface area (Å²) in [6, 6.07) is 9.80. The average molecular weight is 253 g/mol. The van der Waals surface area contributed by atoms with E-state index < -0.39 is 5.67 Å². The molecule has 1 unspecified atom stereocenters. The van der Waals surface area contributed by atoms with Gasteiger partial charge in [-0.1, -0.05) is 36.4 Å². The lowest BCUT2D eigenvalue weighted by Crippen LogP contribution is -2.25. The predicted molar refractivity (Wildman–Crippen MR) is 67.6 cm³/mol. The Bertz CT molecular complexity index is 427. The number of halogens is 2. The molecule has 1 aliphatic carbocycles. The molecule has 0 aliphatic heterocycles. The molecule has 0 spiro atoms. The van der Waals surface area contributed by atoms with Crippen LogP contribution in [0.15, 0.2) is 54.3 Å². The number of hydrogen-bond donors (Lipinski definition) is 0. The van der Waals surface area contributed by atoms with Gasteiger partial charge in [0.2, 0.25) is 0 Å². The SMILES string of the molecule is FC1(CCl)C=CC=C(OCc2ccccc2)C1. The van der Waals surface area contributed by atoms with E-state index in [0.29, 0.717) is 12.4 Å². The van der Waals surface area contributed by atoms with Gasteiger partial charge in [0.25, 0.3) is 0 Å². The topological polar surface area (TPSA) is 9.23 Å². The summed E-state index contributed by atoms with van der Waals surface area (Å²) in [5.74, 6) is 0.592. The van der Waals surface area contributed by atoms with E-state index in [0.717, 1.165) is 5.56 Å². The van der Waals surface area contributed by atoms with Crippen LogP contribution >= 0.6 is 11.6 Å². The summed E-state index contributed by atoms with van der Waals surface area (Å²) in [6.45, 7) is 0.457. The van der Waals surface area contributed by atoms with Crippen molar-refractivity contribution in [2.75, 3.05) is 5.88 Å². The zero-order chi connectivity index (χ0) is 12.1. The van der Waals surface area contributed by atoms with Gasteiger partial charge >= 0.3 is 0 Å². The summed E-state index contributed by atoms with van der Waals surface area (Å²) in [6.07, 6.45) is 5.13. The summed E-state index contributed by atoms with van der Waals surface area (Å²) in [7, 11) is 0. The Labute approximate surface area is 106 Å². The maximum Gasteiger partial charge on any atom is 0.149 e. The molecule has 0 heterocycles. The van der Waals surface area contributed by atoms with Crippen LogP contribution in [0.2, 0.25) is 0 Å². The van der Waals surface area contributed by atoms with Crippen LogP contribution < -0.4 is 0 Å². The molecule has 1 aromatic rings. The van der Waals surface area contributed by atoms with E-state index in [1.54, 1.807) is 12.2 Å². The first-order valence-corrected chi connectivity index (χ1v) is 6.05. The number of allylic oxidation sites excluding steroid dienone is 4. The Kier molecular flexibility index (Phi) is 3.85. The van der Waals surface area contributed by atoms with E-state index in [9.17, 15) is 4.39 Å². The van der Waals surface area contributed by atoms with Crippen LogP contribution in [0.25, 0.3) is 0 Å². The van der Waals surface area contributed by atoms with Crippen LogP contribution in [0.4, 0.5) is 4.39 Å². The highest BCUT2D eigenvalue weighted by molar-refractivity contribution is 6.18. The van der Waals surface area contributed by atoms with Gasteiger partial charge in [0, 0.05) is 6.42 Å². The Balaban J connectivity index is 1.93. The lowest BCUT2D eigenvalue weighted by atomic mass is 9.98. The maximum atomic E-state index is 13.9. The molecule has 1 nitrogen and oxygen atoms in total. The fourth-order valence-electron chi connectivity index (χ4n) is 1.68. The van der Waals surface area contributed by atoms with Crippen LogP contribution in [0.5, 0.6) is 0 Å². The summed E-state index contributed by atoms with van der Waals surface area (Å²) >= 11 is 5.59. The molecule has 1 aliphatic rings. The fraction of sp³-hybridized carbons (Fsp3) is 0.286. The van der Waals surface area contributed by atoms with Gasteiger partial charge in [0.15, 0.2) is 0 Å². The fourth-order valence-corrected chi connectivity index (χ4v) is 1.86. The van der Waals surface area contributed by atoms with Crippen molar-refractivity contribution in [3.63, 3.8) is 0 Å². The number of alkyl halides is 2. The highest BCUT2D eigenvalue weighted by Gasteiger charge is 2.29. The van der Waals surface area contributed by atoms with E-state index in [-0.39, 0.29) is 12.3 Å². The smallest absolute Gasteiger partial charge is 0.149 e. The van der Waals surface area contributed by atoms with Crippen LogP contribution in [-0.2, 0) is 11.3 Å². The second-order valence-corrected chi connectivity index (χ2v) is 4.38. The Hall–Kier alpha value is -1.28. The van der Waals surface area contributed by atoms with Gasteiger partial charge in [-0.2, -0.15) is 0 Å². The van der Waals surface area contributed by atoms with Gasteiger partial charge < -0.3 is 4.74 Å². The van der Waals surface area contributed by atoms with E-state index in [2.05, 4.69) is 0 Å². The Morgan fingerprint density at radius 1 is 1.29 bits per heavy atom. The van der Waals surface area contributed by atoms with Crippen LogP contribution in [0, 0.1) is 0 Å². The Morgan fingerprint density at radius 2 is 2.06 bits per heavy atom. The molecule has 1 aromatic carbocycles. The van der Waals surface area contributed by atoms with Gasteiger partial charge in [-0.3, -0.25) is 0 Å². The van der Waals surface area contributed by atoms with Crippen LogP contribution in [0.1, 0.15) is 12.0 Å². The second kappa shape index (κ2) is 5.37. The molecule has 1 atom stereocenters. The first kappa shape index (κ1) is 12.2. The second-order valence-electron chi connectivity index (χ2n) is 4.11. The minimum atomic E-state index is -1.47. The molecule has 0 aromatic heterocycles. The summed E-state index contributed by atoms with van der Waals surface area (Å²) in [4.78, 5) is 0. The summed E-state index contributed by atoms with van der Waals surface area (Å²) < 4.78 is 19.5. The Morgan fingerprint density at radius 3 is 2.76 bits per heavy atom. The molecule has 0 bridgehead atoms. The molecule has 17 heavy (non-hydrogen) atoms. The molecule has 90 valence electrons. The third-order valence-corrected chi connectivity index (χ3v) is 3.08. The molecule has 3 heteroatoms. The monoisotopic (exact) mass is 252 g/mol. The number of rotatable bonds is 4. The molecule has 0 amide bonds. The summed E-state index contributed by atoms with van der Waals surface area (Å²) in [5, 5.41) is 0. The molecule has 0 saturated carbocycles. The van der Waals surface area contributed by atoms with Crippen molar-refractivity contribution in [1.82, 2.24) is 0 Å². The van der Waals surface area contributed by atoms with Gasteiger partial charge in [-0.25, -0.2) is 4.39 Å². The zero-order valence-electron chi connectivity index (χ0n) is 9.40. The molecule has 0 radical (unpaired) electrons.